The molecule has 1 heterocycles. The van der Waals surface area contributed by atoms with Crippen molar-refractivity contribution in [3.8, 4) is 0 Å². The first-order valence-corrected chi connectivity index (χ1v) is 8.58. The van der Waals surface area contributed by atoms with Crippen LogP contribution in [-0.2, 0) is 4.79 Å². The lowest BCUT2D eigenvalue weighted by molar-refractivity contribution is -0.122. The van der Waals surface area contributed by atoms with Crippen molar-refractivity contribution in [3.63, 3.8) is 0 Å². The molecule has 4 nitrogen and oxygen atoms in total. The van der Waals surface area contributed by atoms with Crippen molar-refractivity contribution in [1.82, 2.24) is 4.90 Å². The molecule has 0 aliphatic carbocycles. The molecule has 2 aromatic rings. The van der Waals surface area contributed by atoms with E-state index in [0.29, 0.717) is 0 Å². The van der Waals surface area contributed by atoms with Gasteiger partial charge < -0.3 is 5.32 Å². The summed E-state index contributed by atoms with van der Waals surface area (Å²) in [5.74, 6) is -0.849. The monoisotopic (exact) mass is 356 g/mol. The van der Waals surface area contributed by atoms with Crippen LogP contribution in [0.4, 0.5) is 14.9 Å². The number of halogens is 1. The Balaban J connectivity index is 1.74. The first-order chi connectivity index (χ1) is 12.0. The number of rotatable bonds is 4. The summed E-state index contributed by atoms with van der Waals surface area (Å²) in [5.41, 5.74) is 3.33. The predicted molar refractivity (Wildman–Crippen MR) is 98.6 cm³/mol. The van der Waals surface area contributed by atoms with Crippen molar-refractivity contribution in [3.05, 3.63) is 69.9 Å². The van der Waals surface area contributed by atoms with E-state index in [-0.39, 0.29) is 22.4 Å². The molecule has 1 aliphatic rings. The third-order valence-electron chi connectivity index (χ3n) is 3.87. The van der Waals surface area contributed by atoms with Crippen molar-refractivity contribution in [2.75, 3.05) is 12.0 Å². The van der Waals surface area contributed by atoms with Gasteiger partial charge in [-0.25, -0.2) is 4.39 Å². The first kappa shape index (κ1) is 17.2. The molecule has 0 unspecified atom stereocenters. The number of nitrogens with zero attached hydrogens (tertiary/aromatic N) is 1. The lowest BCUT2D eigenvalue weighted by atomic mass is 10.1. The summed E-state index contributed by atoms with van der Waals surface area (Å²) in [4.78, 5) is 25.9. The molecule has 1 N–H and O–H groups in total. The van der Waals surface area contributed by atoms with Gasteiger partial charge in [-0.1, -0.05) is 35.9 Å². The van der Waals surface area contributed by atoms with Crippen LogP contribution in [0.1, 0.15) is 16.7 Å². The van der Waals surface area contributed by atoms with Crippen LogP contribution in [-0.4, -0.2) is 22.7 Å². The van der Waals surface area contributed by atoms with E-state index < -0.39 is 11.7 Å². The van der Waals surface area contributed by atoms with Crippen molar-refractivity contribution in [2.45, 2.75) is 13.8 Å². The van der Waals surface area contributed by atoms with E-state index in [1.54, 1.807) is 18.2 Å². The summed E-state index contributed by atoms with van der Waals surface area (Å²) in [6.07, 6.45) is 1.41. The Hall–Kier alpha value is -2.60. The van der Waals surface area contributed by atoms with E-state index >= 15 is 0 Å². The predicted octanol–water partition coefficient (Wildman–Crippen LogP) is 4.55. The number of hydrogen-bond donors (Lipinski definition) is 1. The highest BCUT2D eigenvalue weighted by molar-refractivity contribution is 8.18. The highest BCUT2D eigenvalue weighted by atomic mass is 32.2. The molecule has 6 heteroatoms. The van der Waals surface area contributed by atoms with Crippen LogP contribution in [0, 0.1) is 19.7 Å². The summed E-state index contributed by atoms with van der Waals surface area (Å²) in [6, 6.07) is 12.0. The maximum Gasteiger partial charge on any atom is 0.295 e. The van der Waals surface area contributed by atoms with E-state index in [4.69, 9.17) is 0 Å². The lowest BCUT2D eigenvalue weighted by Gasteiger charge is -2.16. The number of anilines is 1. The van der Waals surface area contributed by atoms with Gasteiger partial charge in [0.25, 0.3) is 11.1 Å². The maximum absolute atomic E-state index is 13.7. The van der Waals surface area contributed by atoms with Crippen molar-refractivity contribution in [1.29, 1.82) is 0 Å². The molecule has 25 heavy (non-hydrogen) atoms. The Morgan fingerprint density at radius 3 is 2.64 bits per heavy atom. The summed E-state index contributed by atoms with van der Waals surface area (Å²) < 4.78 is 13.7. The van der Waals surface area contributed by atoms with Crippen LogP contribution in [0.25, 0.3) is 6.08 Å². The molecule has 0 radical (unpaired) electrons. The zero-order chi connectivity index (χ0) is 18.0. The van der Waals surface area contributed by atoms with Gasteiger partial charge in [0, 0.05) is 11.3 Å². The fourth-order valence-electron chi connectivity index (χ4n) is 2.55. The quantitative estimate of drug-likeness (QED) is 0.817. The van der Waals surface area contributed by atoms with Crippen LogP contribution in [0.2, 0.25) is 0 Å². The smallest absolute Gasteiger partial charge is 0.295 e. The van der Waals surface area contributed by atoms with Gasteiger partial charge in [-0.3, -0.25) is 14.5 Å². The van der Waals surface area contributed by atoms with Crippen molar-refractivity contribution in [2.24, 2.45) is 0 Å². The number of hydrogen-bond acceptors (Lipinski definition) is 4. The third kappa shape index (κ3) is 3.74. The molecule has 0 atom stereocenters. The maximum atomic E-state index is 13.7. The van der Waals surface area contributed by atoms with Crippen LogP contribution in [0.5, 0.6) is 0 Å². The van der Waals surface area contributed by atoms with Crippen molar-refractivity contribution < 1.29 is 14.0 Å². The van der Waals surface area contributed by atoms with Crippen LogP contribution < -0.4 is 5.32 Å². The van der Waals surface area contributed by atoms with Gasteiger partial charge in [0.1, 0.15) is 5.82 Å². The fraction of sp³-hybridized carbons (Fsp3) is 0.158. The SMILES string of the molecule is Cc1ccc(NCN2C(=O)S/C(=C\c3ccccc3F)C2=O)c(C)c1. The second-order valence-corrected chi connectivity index (χ2v) is 6.78. The second-order valence-electron chi connectivity index (χ2n) is 5.78. The normalized spacial score (nSPS) is 16.0. The molecule has 2 amide bonds. The number of amides is 2. The molecule has 1 fully saturated rings. The zero-order valence-electron chi connectivity index (χ0n) is 13.9. The first-order valence-electron chi connectivity index (χ1n) is 7.77. The Labute approximate surface area is 149 Å². The standard InChI is InChI=1S/C19H17FN2O2S/c1-12-7-8-16(13(2)9-12)21-11-22-18(23)17(25-19(22)24)10-14-5-3-4-6-15(14)20/h3-10,21H,11H2,1-2H3/b17-10-. The van der Waals surface area contributed by atoms with E-state index in [1.165, 1.54) is 12.1 Å². The molecule has 2 aromatic carbocycles. The average molecular weight is 356 g/mol. The molecule has 0 bridgehead atoms. The molecule has 0 saturated carbocycles. The van der Waals surface area contributed by atoms with E-state index in [2.05, 4.69) is 5.32 Å². The van der Waals surface area contributed by atoms with Gasteiger partial charge in [-0.05, 0) is 49.4 Å². The Bertz CT molecular complexity index is 879. The number of nitrogens with one attached hydrogen (secondary N) is 1. The summed E-state index contributed by atoms with van der Waals surface area (Å²) in [5, 5.41) is 2.74. The Morgan fingerprint density at radius 2 is 1.92 bits per heavy atom. The minimum atomic E-state index is -0.428. The molecular weight excluding hydrogens is 339 g/mol. The van der Waals surface area contributed by atoms with Crippen LogP contribution in [0.15, 0.2) is 47.4 Å². The van der Waals surface area contributed by atoms with Gasteiger partial charge in [-0.2, -0.15) is 0 Å². The number of benzene rings is 2. The van der Waals surface area contributed by atoms with E-state index in [1.807, 2.05) is 32.0 Å². The lowest BCUT2D eigenvalue weighted by Crippen LogP contribution is -2.33. The molecule has 3 rings (SSSR count). The molecule has 128 valence electrons. The van der Waals surface area contributed by atoms with Crippen LogP contribution >= 0.6 is 11.8 Å². The highest BCUT2D eigenvalue weighted by Gasteiger charge is 2.35. The molecule has 0 spiro atoms. The summed E-state index contributed by atoms with van der Waals surface area (Å²) in [7, 11) is 0. The van der Waals surface area contributed by atoms with Gasteiger partial charge in [0.15, 0.2) is 0 Å². The number of aryl methyl sites for hydroxylation is 2. The number of carbonyl (C=O) groups excluding carboxylic acids is 2. The third-order valence-corrected chi connectivity index (χ3v) is 4.78. The Kier molecular flexibility index (Phi) is 4.90. The summed E-state index contributed by atoms with van der Waals surface area (Å²) in [6.45, 7) is 4.03. The molecule has 1 saturated heterocycles. The largest absolute Gasteiger partial charge is 0.367 e. The molecular formula is C19H17FN2O2S. The average Bonchev–Trinajstić information content (AvgIpc) is 2.83. The van der Waals surface area contributed by atoms with Crippen LogP contribution in [0.3, 0.4) is 0 Å². The van der Waals surface area contributed by atoms with Gasteiger partial charge in [0.05, 0.1) is 11.6 Å². The van der Waals surface area contributed by atoms with Crippen molar-refractivity contribution >= 4 is 34.7 Å². The van der Waals surface area contributed by atoms with Gasteiger partial charge >= 0.3 is 0 Å². The highest BCUT2D eigenvalue weighted by Crippen LogP contribution is 2.32. The molecule has 1 aliphatic heterocycles. The Morgan fingerprint density at radius 1 is 1.16 bits per heavy atom. The van der Waals surface area contributed by atoms with Gasteiger partial charge in [-0.15, -0.1) is 0 Å². The second kappa shape index (κ2) is 7.11. The molecule has 0 aromatic heterocycles. The minimum Gasteiger partial charge on any atom is -0.367 e. The minimum absolute atomic E-state index is 0.0726. The van der Waals surface area contributed by atoms with E-state index in [9.17, 15) is 14.0 Å². The van der Waals surface area contributed by atoms with Gasteiger partial charge in [0.2, 0.25) is 0 Å². The fourth-order valence-corrected chi connectivity index (χ4v) is 3.38. The number of imide groups is 1. The summed E-state index contributed by atoms with van der Waals surface area (Å²) >= 11 is 0.819. The topological polar surface area (TPSA) is 49.4 Å². The number of carbonyl (C=O) groups is 2. The van der Waals surface area contributed by atoms with E-state index in [0.717, 1.165) is 33.5 Å². The zero-order valence-corrected chi connectivity index (χ0v) is 14.7. The number of thioether (sulfide) groups is 1.